The lowest BCUT2D eigenvalue weighted by Crippen LogP contribution is -2.38. The van der Waals surface area contributed by atoms with Gasteiger partial charge in [-0.05, 0) is 12.5 Å². The molecule has 3 nitrogen and oxygen atoms in total. The summed E-state index contributed by atoms with van der Waals surface area (Å²) in [5.74, 6) is 1.90. The van der Waals surface area contributed by atoms with Crippen LogP contribution >= 0.6 is 0 Å². The van der Waals surface area contributed by atoms with Crippen LogP contribution in [-0.2, 0) is 15.5 Å². The summed E-state index contributed by atoms with van der Waals surface area (Å²) >= 11 is 0. The molecule has 86 valence electrons. The van der Waals surface area contributed by atoms with E-state index in [2.05, 4.69) is 26.1 Å². The van der Waals surface area contributed by atoms with Crippen LogP contribution in [0.2, 0.25) is 0 Å². The van der Waals surface area contributed by atoms with Gasteiger partial charge in [-0.1, -0.05) is 20.8 Å². The van der Waals surface area contributed by atoms with E-state index in [1.54, 1.807) is 7.11 Å². The fourth-order valence-corrected chi connectivity index (χ4v) is 2.63. The third-order valence-corrected chi connectivity index (χ3v) is 3.50. The zero-order valence-electron chi connectivity index (χ0n) is 9.71. The molecular formula is C10H23NO2S. The average Bonchev–Trinajstić information content (AvgIpc) is 2.14. The van der Waals surface area contributed by atoms with Crippen LogP contribution in [0.15, 0.2) is 0 Å². The van der Waals surface area contributed by atoms with E-state index in [0.717, 1.165) is 12.3 Å². The van der Waals surface area contributed by atoms with Crippen molar-refractivity contribution < 1.29 is 8.95 Å². The Bertz CT molecular complexity index is 162. The molecule has 2 unspecified atom stereocenters. The highest BCUT2D eigenvalue weighted by Crippen LogP contribution is 2.03. The highest BCUT2D eigenvalue weighted by atomic mass is 32.2. The summed E-state index contributed by atoms with van der Waals surface area (Å²) < 4.78 is 16.5. The molecule has 0 rings (SSSR count). The maximum Gasteiger partial charge on any atom is 0.0577 e. The molecule has 0 aromatic heterocycles. The normalized spacial score (nSPS) is 15.8. The number of hydrogen-bond donors (Lipinski definition) is 1. The second kappa shape index (κ2) is 8.38. The number of rotatable bonds is 8. The van der Waals surface area contributed by atoms with E-state index in [9.17, 15) is 4.21 Å². The van der Waals surface area contributed by atoms with Gasteiger partial charge in [0.2, 0.25) is 0 Å². The van der Waals surface area contributed by atoms with E-state index in [-0.39, 0.29) is 0 Å². The van der Waals surface area contributed by atoms with Crippen molar-refractivity contribution in [2.24, 2.45) is 5.92 Å². The number of nitrogens with one attached hydrogen (secondary N) is 1. The van der Waals surface area contributed by atoms with Gasteiger partial charge in [0.05, 0.1) is 6.61 Å². The molecule has 0 radical (unpaired) electrons. The van der Waals surface area contributed by atoms with Crippen LogP contribution < -0.4 is 5.32 Å². The van der Waals surface area contributed by atoms with Crippen LogP contribution in [0.1, 0.15) is 20.8 Å². The summed E-state index contributed by atoms with van der Waals surface area (Å²) in [4.78, 5) is 0. The van der Waals surface area contributed by atoms with E-state index in [1.807, 2.05) is 0 Å². The van der Waals surface area contributed by atoms with Gasteiger partial charge in [-0.2, -0.15) is 0 Å². The molecule has 0 aliphatic heterocycles. The standard InChI is InChI=1S/C10H23NO2S/c1-5-11-10(9(2)3)8-14(12)7-6-13-4/h9-11H,5-8H2,1-4H3. The largest absolute Gasteiger partial charge is 0.384 e. The first-order valence-corrected chi connectivity index (χ1v) is 6.67. The lowest BCUT2D eigenvalue weighted by molar-refractivity contribution is 0.218. The van der Waals surface area contributed by atoms with Gasteiger partial charge in [-0.3, -0.25) is 4.21 Å². The van der Waals surface area contributed by atoms with E-state index in [4.69, 9.17) is 4.74 Å². The zero-order valence-corrected chi connectivity index (χ0v) is 10.5. The molecule has 0 spiro atoms. The molecule has 0 heterocycles. The lowest BCUT2D eigenvalue weighted by Gasteiger charge is -2.21. The smallest absolute Gasteiger partial charge is 0.0577 e. The minimum atomic E-state index is -0.760. The summed E-state index contributed by atoms with van der Waals surface area (Å²) in [5.41, 5.74) is 0. The quantitative estimate of drug-likeness (QED) is 0.665. The molecule has 2 atom stereocenters. The van der Waals surface area contributed by atoms with Gasteiger partial charge in [0, 0.05) is 35.5 Å². The molecule has 4 heteroatoms. The van der Waals surface area contributed by atoms with Gasteiger partial charge < -0.3 is 10.1 Å². The van der Waals surface area contributed by atoms with Crippen molar-refractivity contribution in [3.05, 3.63) is 0 Å². The van der Waals surface area contributed by atoms with E-state index in [1.165, 1.54) is 0 Å². The number of ether oxygens (including phenoxy) is 1. The molecule has 0 aromatic carbocycles. The summed E-state index contributed by atoms with van der Waals surface area (Å²) in [6.45, 7) is 7.91. The SMILES string of the molecule is CCNC(CS(=O)CCOC)C(C)C. The first-order chi connectivity index (χ1) is 6.61. The van der Waals surface area contributed by atoms with Gasteiger partial charge in [-0.15, -0.1) is 0 Å². The Morgan fingerprint density at radius 2 is 2.07 bits per heavy atom. The van der Waals surface area contributed by atoms with Gasteiger partial charge >= 0.3 is 0 Å². The fraction of sp³-hybridized carbons (Fsp3) is 1.00. The average molecular weight is 221 g/mol. The van der Waals surface area contributed by atoms with Gasteiger partial charge in [0.15, 0.2) is 0 Å². The van der Waals surface area contributed by atoms with Crippen LogP contribution in [0.3, 0.4) is 0 Å². The van der Waals surface area contributed by atoms with Crippen molar-refractivity contribution in [2.75, 3.05) is 31.8 Å². The molecule has 0 fully saturated rings. The van der Waals surface area contributed by atoms with Crippen molar-refractivity contribution in [3.8, 4) is 0 Å². The maximum atomic E-state index is 11.6. The first-order valence-electron chi connectivity index (χ1n) is 5.19. The number of hydrogen-bond acceptors (Lipinski definition) is 3. The van der Waals surface area contributed by atoms with Crippen molar-refractivity contribution in [2.45, 2.75) is 26.8 Å². The molecule has 0 saturated heterocycles. The monoisotopic (exact) mass is 221 g/mol. The topological polar surface area (TPSA) is 38.3 Å². The molecule has 0 saturated carbocycles. The van der Waals surface area contributed by atoms with Gasteiger partial charge in [0.1, 0.15) is 0 Å². The predicted octanol–water partition coefficient (Wildman–Crippen LogP) is 1.02. The van der Waals surface area contributed by atoms with Gasteiger partial charge in [-0.25, -0.2) is 0 Å². The Hall–Kier alpha value is 0.0700. The van der Waals surface area contributed by atoms with Crippen molar-refractivity contribution in [1.29, 1.82) is 0 Å². The maximum absolute atomic E-state index is 11.6. The molecular weight excluding hydrogens is 198 g/mol. The second-order valence-electron chi connectivity index (χ2n) is 3.71. The Balaban J connectivity index is 3.83. The van der Waals surface area contributed by atoms with Crippen LogP contribution in [0.25, 0.3) is 0 Å². The summed E-state index contributed by atoms with van der Waals surface area (Å²) in [5, 5.41) is 3.36. The zero-order chi connectivity index (χ0) is 11.0. The molecule has 0 aromatic rings. The summed E-state index contributed by atoms with van der Waals surface area (Å²) in [7, 11) is 0.881. The van der Waals surface area contributed by atoms with Crippen molar-refractivity contribution in [3.63, 3.8) is 0 Å². The Kier molecular flexibility index (Phi) is 8.43. The minimum absolute atomic E-state index is 0.359. The Morgan fingerprint density at radius 1 is 1.43 bits per heavy atom. The summed E-state index contributed by atoms with van der Waals surface area (Å²) in [6, 6.07) is 0.359. The van der Waals surface area contributed by atoms with Gasteiger partial charge in [0.25, 0.3) is 0 Å². The Labute approximate surface area is 90.1 Å². The molecule has 1 N–H and O–H groups in total. The fourth-order valence-electron chi connectivity index (χ4n) is 1.21. The van der Waals surface area contributed by atoms with Crippen LogP contribution in [0.4, 0.5) is 0 Å². The second-order valence-corrected chi connectivity index (χ2v) is 5.33. The minimum Gasteiger partial charge on any atom is -0.384 e. The van der Waals surface area contributed by atoms with Crippen LogP contribution in [-0.4, -0.2) is 42.0 Å². The summed E-state index contributed by atoms with van der Waals surface area (Å²) in [6.07, 6.45) is 0. The van der Waals surface area contributed by atoms with E-state index >= 15 is 0 Å². The predicted molar refractivity (Wildman–Crippen MR) is 62.1 cm³/mol. The highest BCUT2D eigenvalue weighted by molar-refractivity contribution is 7.85. The molecule has 0 aliphatic carbocycles. The van der Waals surface area contributed by atoms with Crippen molar-refractivity contribution in [1.82, 2.24) is 5.32 Å². The third-order valence-electron chi connectivity index (χ3n) is 2.15. The number of methoxy groups -OCH3 is 1. The first kappa shape index (κ1) is 14.1. The highest BCUT2D eigenvalue weighted by Gasteiger charge is 2.14. The lowest BCUT2D eigenvalue weighted by atomic mass is 10.1. The molecule has 14 heavy (non-hydrogen) atoms. The van der Waals surface area contributed by atoms with E-state index < -0.39 is 10.8 Å². The molecule has 0 amide bonds. The van der Waals surface area contributed by atoms with Crippen molar-refractivity contribution >= 4 is 10.8 Å². The molecule has 0 aliphatic rings. The third kappa shape index (κ3) is 6.51. The Morgan fingerprint density at radius 3 is 2.50 bits per heavy atom. The van der Waals surface area contributed by atoms with E-state index in [0.29, 0.717) is 24.3 Å². The van der Waals surface area contributed by atoms with Crippen LogP contribution in [0.5, 0.6) is 0 Å². The molecule has 0 bridgehead atoms. The van der Waals surface area contributed by atoms with Crippen LogP contribution in [0, 0.1) is 5.92 Å².